The average molecular weight is 463 g/mol. The summed E-state index contributed by atoms with van der Waals surface area (Å²) in [6.45, 7) is 5.63. The van der Waals surface area contributed by atoms with Gasteiger partial charge in [-0.25, -0.2) is 0 Å². The predicted molar refractivity (Wildman–Crippen MR) is 136 cm³/mol. The smallest absolute Gasteiger partial charge is 0.254 e. The molecule has 6 nitrogen and oxygen atoms in total. The zero-order chi connectivity index (χ0) is 23.7. The third-order valence-electron chi connectivity index (χ3n) is 7.86. The average Bonchev–Trinajstić information content (AvgIpc) is 2.85. The van der Waals surface area contributed by atoms with Crippen LogP contribution in [0.25, 0.3) is 0 Å². The fraction of sp³-hybridized carbons (Fsp3) is 0.536. The molecule has 5 rings (SSSR count). The summed E-state index contributed by atoms with van der Waals surface area (Å²) in [5, 5.41) is 10.8. The molecule has 0 spiro atoms. The zero-order valence-electron chi connectivity index (χ0n) is 20.6. The third-order valence-corrected chi connectivity index (χ3v) is 7.86. The summed E-state index contributed by atoms with van der Waals surface area (Å²) in [5.74, 6) is 0.0562. The van der Waals surface area contributed by atoms with E-state index in [0.29, 0.717) is 25.7 Å². The van der Waals surface area contributed by atoms with Gasteiger partial charge in [-0.15, -0.1) is 0 Å². The first-order valence-corrected chi connectivity index (χ1v) is 12.8. The molecule has 0 radical (unpaired) electrons. The Balaban J connectivity index is 1.19. The summed E-state index contributed by atoms with van der Waals surface area (Å²) in [6, 6.07) is 15.5. The van der Waals surface area contributed by atoms with Crippen molar-refractivity contribution in [1.82, 2.24) is 14.7 Å². The van der Waals surface area contributed by atoms with Crippen LogP contribution in [0.4, 0.5) is 5.69 Å². The summed E-state index contributed by atoms with van der Waals surface area (Å²) in [5.41, 5.74) is 5.95. The van der Waals surface area contributed by atoms with E-state index in [2.05, 4.69) is 65.2 Å². The highest BCUT2D eigenvalue weighted by molar-refractivity contribution is 5.97. The first kappa shape index (κ1) is 23.3. The van der Waals surface area contributed by atoms with Crippen molar-refractivity contribution < 1.29 is 9.90 Å². The molecule has 0 aromatic heterocycles. The Morgan fingerprint density at radius 2 is 1.79 bits per heavy atom. The number of nitrogens with zero attached hydrogens (tertiary/aromatic N) is 4. The van der Waals surface area contributed by atoms with Gasteiger partial charge in [0.15, 0.2) is 0 Å². The highest BCUT2D eigenvalue weighted by atomic mass is 16.3. The lowest BCUT2D eigenvalue weighted by atomic mass is 9.96. The number of likely N-dealkylation sites (N-methyl/N-ethyl adjacent to an activating group) is 1. The van der Waals surface area contributed by atoms with Crippen LogP contribution in [0.3, 0.4) is 0 Å². The van der Waals surface area contributed by atoms with Crippen LogP contribution in [0.1, 0.15) is 39.9 Å². The van der Waals surface area contributed by atoms with Crippen LogP contribution in [0.5, 0.6) is 0 Å². The number of carbonyl (C=O) groups is 1. The van der Waals surface area contributed by atoms with Crippen molar-refractivity contribution >= 4 is 11.6 Å². The fourth-order valence-electron chi connectivity index (χ4n) is 5.82. The quantitative estimate of drug-likeness (QED) is 0.715. The molecule has 0 aliphatic carbocycles. The number of amides is 1. The van der Waals surface area contributed by atoms with E-state index in [1.807, 2.05) is 11.0 Å². The van der Waals surface area contributed by atoms with E-state index in [4.69, 9.17) is 0 Å². The highest BCUT2D eigenvalue weighted by Gasteiger charge is 2.29. The normalized spacial score (nSPS) is 22.0. The molecule has 1 saturated heterocycles. The zero-order valence-corrected chi connectivity index (χ0v) is 20.6. The van der Waals surface area contributed by atoms with E-state index < -0.39 is 6.10 Å². The lowest BCUT2D eigenvalue weighted by Crippen LogP contribution is -2.46. The van der Waals surface area contributed by atoms with E-state index in [1.54, 1.807) is 0 Å². The first-order valence-electron chi connectivity index (χ1n) is 12.8. The van der Waals surface area contributed by atoms with E-state index in [-0.39, 0.29) is 5.91 Å². The van der Waals surface area contributed by atoms with Crippen LogP contribution < -0.4 is 4.90 Å². The van der Waals surface area contributed by atoms with Crippen molar-refractivity contribution in [2.75, 3.05) is 58.3 Å². The number of piperidine rings is 1. The number of anilines is 1. The molecule has 1 unspecified atom stereocenters. The molecule has 1 fully saturated rings. The second kappa shape index (κ2) is 10.1. The SMILES string of the molecule is CN(C)C1CCCN(c2ccc3c(c2)CCN(C[C@H](O)CN2CCc4ccccc4C2)C3=O)C1. The minimum Gasteiger partial charge on any atom is -0.390 e. The van der Waals surface area contributed by atoms with Gasteiger partial charge in [-0.05, 0) is 74.7 Å². The molecular weight excluding hydrogens is 424 g/mol. The number of hydrogen-bond acceptors (Lipinski definition) is 5. The maximum atomic E-state index is 13.2. The topological polar surface area (TPSA) is 50.3 Å². The van der Waals surface area contributed by atoms with Crippen molar-refractivity contribution in [3.8, 4) is 0 Å². The highest BCUT2D eigenvalue weighted by Crippen LogP contribution is 2.28. The first-order chi connectivity index (χ1) is 16.5. The van der Waals surface area contributed by atoms with Crippen LogP contribution >= 0.6 is 0 Å². The van der Waals surface area contributed by atoms with Gasteiger partial charge in [0, 0.05) is 63.1 Å². The Morgan fingerprint density at radius 3 is 2.62 bits per heavy atom. The minimum absolute atomic E-state index is 0.0562. The molecule has 34 heavy (non-hydrogen) atoms. The van der Waals surface area contributed by atoms with Crippen molar-refractivity contribution in [2.24, 2.45) is 0 Å². The van der Waals surface area contributed by atoms with Gasteiger partial charge in [-0.2, -0.15) is 0 Å². The molecule has 0 bridgehead atoms. The van der Waals surface area contributed by atoms with Gasteiger partial charge < -0.3 is 19.8 Å². The second-order valence-electron chi connectivity index (χ2n) is 10.5. The number of aliphatic hydroxyl groups excluding tert-OH is 1. The number of hydrogen-bond donors (Lipinski definition) is 1. The van der Waals surface area contributed by atoms with Crippen LogP contribution in [0.15, 0.2) is 42.5 Å². The van der Waals surface area contributed by atoms with Crippen LogP contribution in [-0.2, 0) is 19.4 Å². The van der Waals surface area contributed by atoms with Crippen molar-refractivity contribution in [2.45, 2.75) is 44.4 Å². The number of fused-ring (bicyclic) bond motifs is 2. The minimum atomic E-state index is -0.536. The molecule has 3 heterocycles. The van der Waals surface area contributed by atoms with Gasteiger partial charge in [0.1, 0.15) is 0 Å². The van der Waals surface area contributed by atoms with Crippen molar-refractivity contribution in [3.05, 3.63) is 64.7 Å². The monoisotopic (exact) mass is 462 g/mol. The molecule has 3 aliphatic heterocycles. The Bertz CT molecular complexity index is 1020. The van der Waals surface area contributed by atoms with Gasteiger partial charge in [0.2, 0.25) is 0 Å². The van der Waals surface area contributed by atoms with E-state index in [0.717, 1.165) is 50.1 Å². The largest absolute Gasteiger partial charge is 0.390 e. The van der Waals surface area contributed by atoms with Crippen LogP contribution in [0, 0.1) is 0 Å². The summed E-state index contributed by atoms with van der Waals surface area (Å²) >= 11 is 0. The molecule has 6 heteroatoms. The number of benzene rings is 2. The molecule has 1 amide bonds. The van der Waals surface area contributed by atoms with E-state index in [9.17, 15) is 9.90 Å². The van der Waals surface area contributed by atoms with Crippen molar-refractivity contribution in [3.63, 3.8) is 0 Å². The standard InChI is InChI=1S/C28H38N4O2/c1-29(2)25-8-5-13-31(18-25)24-9-10-27-22(16-24)12-15-32(28(27)34)20-26(33)19-30-14-11-21-6-3-4-7-23(21)17-30/h3-4,6-7,9-10,16,25-26,33H,5,8,11-15,17-20H2,1-2H3/t25?,26-/m1/s1. The summed E-state index contributed by atoms with van der Waals surface area (Å²) in [4.78, 5) is 22.1. The summed E-state index contributed by atoms with van der Waals surface area (Å²) in [6.07, 6.45) is 3.78. The fourth-order valence-corrected chi connectivity index (χ4v) is 5.82. The number of β-amino-alcohol motifs (C(OH)–C–C–N with tert-alkyl or cyclic N) is 1. The Morgan fingerprint density at radius 1 is 1.00 bits per heavy atom. The van der Waals surface area contributed by atoms with Crippen molar-refractivity contribution in [1.29, 1.82) is 0 Å². The van der Waals surface area contributed by atoms with E-state index >= 15 is 0 Å². The number of aliphatic hydroxyl groups is 1. The van der Waals surface area contributed by atoms with Gasteiger partial charge in [0.25, 0.3) is 5.91 Å². The molecule has 182 valence electrons. The summed E-state index contributed by atoms with van der Waals surface area (Å²) < 4.78 is 0. The molecule has 2 aromatic carbocycles. The Hall–Kier alpha value is -2.41. The Labute approximate surface area is 203 Å². The molecular formula is C28H38N4O2. The molecule has 1 N–H and O–H groups in total. The molecule has 3 aliphatic rings. The van der Waals surface area contributed by atoms with E-state index in [1.165, 1.54) is 29.7 Å². The van der Waals surface area contributed by atoms with Crippen LogP contribution in [0.2, 0.25) is 0 Å². The molecule has 2 aromatic rings. The number of rotatable bonds is 6. The molecule has 2 atom stereocenters. The van der Waals surface area contributed by atoms with Gasteiger partial charge in [-0.3, -0.25) is 9.69 Å². The lowest BCUT2D eigenvalue weighted by molar-refractivity contribution is 0.0493. The predicted octanol–water partition coefficient (Wildman–Crippen LogP) is 2.63. The van der Waals surface area contributed by atoms with Gasteiger partial charge in [0.05, 0.1) is 6.10 Å². The maximum absolute atomic E-state index is 13.2. The number of carbonyl (C=O) groups excluding carboxylic acids is 1. The second-order valence-corrected chi connectivity index (χ2v) is 10.5. The third kappa shape index (κ3) is 4.99. The maximum Gasteiger partial charge on any atom is 0.254 e. The van der Waals surface area contributed by atoms with Crippen LogP contribution in [-0.4, -0.2) is 91.2 Å². The Kier molecular flexibility index (Phi) is 6.91. The van der Waals surface area contributed by atoms with Gasteiger partial charge >= 0.3 is 0 Å². The summed E-state index contributed by atoms with van der Waals surface area (Å²) in [7, 11) is 4.32. The molecule has 0 saturated carbocycles. The van der Waals surface area contributed by atoms with Gasteiger partial charge in [-0.1, -0.05) is 24.3 Å². The lowest BCUT2D eigenvalue weighted by Gasteiger charge is -2.38.